The van der Waals surface area contributed by atoms with Crippen molar-refractivity contribution in [2.45, 2.75) is 0 Å². The van der Waals surface area contributed by atoms with Gasteiger partial charge in [0.25, 0.3) is 0 Å². The molecule has 246 valence electrons. The third-order valence-electron chi connectivity index (χ3n) is 10.4. The number of fused-ring (bicyclic) bond motifs is 8. The Morgan fingerprint density at radius 2 is 0.906 bits per heavy atom. The van der Waals surface area contributed by atoms with Crippen LogP contribution in [0.5, 0.6) is 0 Å². The first-order valence-electron chi connectivity index (χ1n) is 17.8. The van der Waals surface area contributed by atoms with Gasteiger partial charge in [0.1, 0.15) is 11.2 Å². The summed E-state index contributed by atoms with van der Waals surface area (Å²) >= 11 is 0. The molecular weight excluding hydrogens is 647 g/mol. The molecule has 0 amide bonds. The monoisotopic (exact) mass is 675 g/mol. The van der Waals surface area contributed by atoms with Gasteiger partial charge in [-0.05, 0) is 90.6 Å². The predicted octanol–water partition coefficient (Wildman–Crippen LogP) is 13.1. The smallest absolute Gasteiger partial charge is 0.164 e. The molecule has 0 unspecified atom stereocenters. The van der Waals surface area contributed by atoms with Gasteiger partial charge < -0.3 is 4.42 Å². The number of aromatic nitrogens is 3. The van der Waals surface area contributed by atoms with Crippen LogP contribution in [0.15, 0.2) is 180 Å². The molecule has 4 heteroatoms. The van der Waals surface area contributed by atoms with Gasteiger partial charge in [-0.3, -0.25) is 0 Å². The minimum absolute atomic E-state index is 0.583. The molecule has 4 nitrogen and oxygen atoms in total. The van der Waals surface area contributed by atoms with Crippen LogP contribution in [0.2, 0.25) is 0 Å². The molecule has 0 fully saturated rings. The maximum Gasteiger partial charge on any atom is 0.164 e. The highest BCUT2D eigenvalue weighted by atomic mass is 16.3. The SMILES string of the molecule is c1ccc(-c2cc(-c3nc(-c4ccc5ccccc5c4)nc(-c4cc5ccccc5c5ccccc45)n3)cc3oc4cc5ccccc5cc4c23)cc1. The number of furan rings is 1. The maximum absolute atomic E-state index is 6.70. The zero-order chi connectivity index (χ0) is 34.9. The molecule has 0 saturated carbocycles. The van der Waals surface area contributed by atoms with E-state index in [0.29, 0.717) is 17.5 Å². The Kier molecular flexibility index (Phi) is 6.52. The third kappa shape index (κ3) is 4.88. The average Bonchev–Trinajstić information content (AvgIpc) is 3.59. The van der Waals surface area contributed by atoms with Crippen LogP contribution in [-0.2, 0) is 0 Å². The lowest BCUT2D eigenvalue weighted by atomic mass is 9.95. The van der Waals surface area contributed by atoms with Crippen molar-refractivity contribution < 1.29 is 4.42 Å². The van der Waals surface area contributed by atoms with Gasteiger partial charge in [-0.1, -0.05) is 140 Å². The summed E-state index contributed by atoms with van der Waals surface area (Å²) < 4.78 is 6.70. The van der Waals surface area contributed by atoms with Crippen molar-refractivity contribution in [1.29, 1.82) is 0 Å². The number of nitrogens with zero attached hydrogens (tertiary/aromatic N) is 3. The lowest BCUT2D eigenvalue weighted by Crippen LogP contribution is -2.01. The number of benzene rings is 9. The van der Waals surface area contributed by atoms with E-state index >= 15 is 0 Å². The van der Waals surface area contributed by atoms with E-state index in [-0.39, 0.29) is 0 Å². The van der Waals surface area contributed by atoms with Crippen LogP contribution in [-0.4, -0.2) is 15.0 Å². The van der Waals surface area contributed by atoms with Crippen molar-refractivity contribution in [1.82, 2.24) is 15.0 Å². The van der Waals surface area contributed by atoms with Gasteiger partial charge >= 0.3 is 0 Å². The van der Waals surface area contributed by atoms with E-state index in [1.54, 1.807) is 0 Å². The van der Waals surface area contributed by atoms with Gasteiger partial charge in [0, 0.05) is 27.5 Å². The first kappa shape index (κ1) is 29.5. The second-order valence-corrected chi connectivity index (χ2v) is 13.6. The van der Waals surface area contributed by atoms with Crippen LogP contribution in [0.3, 0.4) is 0 Å². The molecule has 2 aromatic heterocycles. The molecule has 0 aliphatic carbocycles. The zero-order valence-electron chi connectivity index (χ0n) is 28.5. The van der Waals surface area contributed by atoms with E-state index in [9.17, 15) is 0 Å². The Hall–Kier alpha value is -7.17. The Balaban J connectivity index is 1.21. The minimum Gasteiger partial charge on any atom is -0.456 e. The van der Waals surface area contributed by atoms with Crippen molar-refractivity contribution in [2.75, 3.05) is 0 Å². The summed E-state index contributed by atoms with van der Waals surface area (Å²) in [6.07, 6.45) is 0. The molecular formula is C49H29N3O. The molecule has 0 aliphatic rings. The fourth-order valence-corrected chi connectivity index (χ4v) is 7.89. The summed E-state index contributed by atoms with van der Waals surface area (Å²) in [5, 5.41) is 11.4. The highest BCUT2D eigenvalue weighted by molar-refractivity contribution is 6.17. The molecule has 0 saturated heterocycles. The van der Waals surface area contributed by atoms with Crippen LogP contribution in [0.4, 0.5) is 0 Å². The van der Waals surface area contributed by atoms with E-state index in [1.807, 2.05) is 6.07 Å². The molecule has 0 atom stereocenters. The molecule has 0 spiro atoms. The van der Waals surface area contributed by atoms with Gasteiger partial charge in [0.2, 0.25) is 0 Å². The summed E-state index contributed by atoms with van der Waals surface area (Å²) in [5.74, 6) is 1.82. The molecule has 11 rings (SSSR count). The molecule has 0 bridgehead atoms. The van der Waals surface area contributed by atoms with Crippen LogP contribution >= 0.6 is 0 Å². The van der Waals surface area contributed by atoms with Crippen molar-refractivity contribution in [3.63, 3.8) is 0 Å². The topological polar surface area (TPSA) is 51.8 Å². The Labute approximate surface area is 304 Å². The van der Waals surface area contributed by atoms with Gasteiger partial charge in [-0.2, -0.15) is 0 Å². The van der Waals surface area contributed by atoms with Crippen molar-refractivity contribution in [3.8, 4) is 45.3 Å². The molecule has 53 heavy (non-hydrogen) atoms. The summed E-state index contributed by atoms with van der Waals surface area (Å²) in [6, 6.07) is 61.6. The summed E-state index contributed by atoms with van der Waals surface area (Å²) in [5.41, 5.74) is 6.55. The molecule has 11 aromatic rings. The second kappa shape index (κ2) is 11.7. The van der Waals surface area contributed by atoms with Crippen LogP contribution in [0.1, 0.15) is 0 Å². The fraction of sp³-hybridized carbons (Fsp3) is 0. The molecule has 2 heterocycles. The molecule has 0 aliphatic heterocycles. The Bertz CT molecular complexity index is 3240. The highest BCUT2D eigenvalue weighted by Gasteiger charge is 2.20. The number of rotatable bonds is 4. The van der Waals surface area contributed by atoms with E-state index < -0.39 is 0 Å². The Morgan fingerprint density at radius 3 is 1.70 bits per heavy atom. The fourth-order valence-electron chi connectivity index (χ4n) is 7.89. The van der Waals surface area contributed by atoms with E-state index in [0.717, 1.165) is 76.7 Å². The zero-order valence-corrected chi connectivity index (χ0v) is 28.5. The summed E-state index contributed by atoms with van der Waals surface area (Å²) in [4.78, 5) is 15.7. The third-order valence-corrected chi connectivity index (χ3v) is 10.4. The summed E-state index contributed by atoms with van der Waals surface area (Å²) in [6.45, 7) is 0. The number of hydrogen-bond donors (Lipinski definition) is 0. The van der Waals surface area contributed by atoms with Gasteiger partial charge in [0.05, 0.1) is 0 Å². The highest BCUT2D eigenvalue weighted by Crippen LogP contribution is 2.42. The maximum atomic E-state index is 6.70. The minimum atomic E-state index is 0.583. The second-order valence-electron chi connectivity index (χ2n) is 13.6. The quantitative estimate of drug-likeness (QED) is 0.174. The van der Waals surface area contributed by atoms with E-state index in [1.165, 1.54) is 16.2 Å². The van der Waals surface area contributed by atoms with Crippen molar-refractivity contribution >= 4 is 65.0 Å². The van der Waals surface area contributed by atoms with Crippen LogP contribution in [0, 0.1) is 0 Å². The van der Waals surface area contributed by atoms with Crippen molar-refractivity contribution in [3.05, 3.63) is 176 Å². The van der Waals surface area contributed by atoms with Gasteiger partial charge in [-0.25, -0.2) is 15.0 Å². The van der Waals surface area contributed by atoms with Gasteiger partial charge in [0.15, 0.2) is 17.5 Å². The molecule has 9 aromatic carbocycles. The molecule has 0 radical (unpaired) electrons. The summed E-state index contributed by atoms with van der Waals surface area (Å²) in [7, 11) is 0. The first-order chi connectivity index (χ1) is 26.2. The average molecular weight is 676 g/mol. The van der Waals surface area contributed by atoms with Gasteiger partial charge in [-0.15, -0.1) is 0 Å². The first-order valence-corrected chi connectivity index (χ1v) is 17.8. The largest absolute Gasteiger partial charge is 0.456 e. The van der Waals surface area contributed by atoms with Crippen molar-refractivity contribution in [2.24, 2.45) is 0 Å². The standard InChI is InChI=1S/C49H29N3O/c1-2-13-31(14-3-1)41-27-37(29-45-46(41)43-25-33-16-6-7-17-34(33)28-44(43)53-45)48-50-47(36-23-22-30-12-4-5-15-32(30)24-36)51-49(52-48)42-26-35-18-8-9-19-38(35)39-20-10-11-21-40(39)42/h1-29H. The lowest BCUT2D eigenvalue weighted by Gasteiger charge is -2.13. The van der Waals surface area contributed by atoms with Crippen LogP contribution < -0.4 is 0 Å². The Morgan fingerprint density at radius 1 is 0.302 bits per heavy atom. The normalized spacial score (nSPS) is 11.8. The van der Waals surface area contributed by atoms with Crippen LogP contribution in [0.25, 0.3) is 110 Å². The van der Waals surface area contributed by atoms with E-state index in [4.69, 9.17) is 19.4 Å². The lowest BCUT2D eigenvalue weighted by molar-refractivity contribution is 0.669. The predicted molar refractivity (Wildman–Crippen MR) is 219 cm³/mol. The number of hydrogen-bond acceptors (Lipinski definition) is 4. The van der Waals surface area contributed by atoms with E-state index in [2.05, 4.69) is 170 Å². The molecule has 0 N–H and O–H groups in total.